The molecule has 0 unspecified atom stereocenters. The van der Waals surface area contributed by atoms with Gasteiger partial charge in [-0.05, 0) is 12.1 Å². The molecule has 0 bridgehead atoms. The molecular weight excluding hydrogens is 342 g/mol. The third kappa shape index (κ3) is 4.58. The van der Waals surface area contributed by atoms with Crippen LogP contribution in [0.5, 0.6) is 0 Å². The molecule has 8 heteroatoms. The molecule has 1 heterocycles. The predicted molar refractivity (Wildman–Crippen MR) is 94.3 cm³/mol. The Morgan fingerprint density at radius 3 is 2.08 bits per heavy atom. The second-order valence-corrected chi connectivity index (χ2v) is 8.48. The number of likely N-dealkylation sites (N-methyl/N-ethyl adjacent to an activating group) is 1. The summed E-state index contributed by atoms with van der Waals surface area (Å²) in [6.45, 7) is 5.31. The molecule has 0 spiro atoms. The summed E-state index contributed by atoms with van der Waals surface area (Å²) < 4.78 is 26.0. The van der Waals surface area contributed by atoms with Crippen molar-refractivity contribution in [3.63, 3.8) is 0 Å². The van der Waals surface area contributed by atoms with E-state index in [2.05, 4.69) is 0 Å². The van der Waals surface area contributed by atoms with Crippen LogP contribution in [0.1, 0.15) is 13.8 Å². The predicted octanol–water partition coefficient (Wildman–Crippen LogP) is 0.634. The van der Waals surface area contributed by atoms with Gasteiger partial charge in [0.1, 0.15) is 0 Å². The summed E-state index contributed by atoms with van der Waals surface area (Å²) in [7, 11) is -2.29. The highest BCUT2D eigenvalue weighted by molar-refractivity contribution is 7.89. The van der Waals surface area contributed by atoms with Crippen molar-refractivity contribution in [1.82, 2.24) is 14.1 Å². The fourth-order valence-corrected chi connectivity index (χ4v) is 3.83. The van der Waals surface area contributed by atoms with Gasteiger partial charge in [0.25, 0.3) is 0 Å². The average molecular weight is 367 g/mol. The van der Waals surface area contributed by atoms with Crippen LogP contribution in [0, 0.1) is 5.92 Å². The van der Waals surface area contributed by atoms with Crippen molar-refractivity contribution in [2.45, 2.75) is 18.7 Å². The fourth-order valence-electron chi connectivity index (χ4n) is 2.69. The summed E-state index contributed by atoms with van der Waals surface area (Å²) in [6, 6.07) is 8.04. The Balaban J connectivity index is 1.93. The van der Waals surface area contributed by atoms with Gasteiger partial charge in [0, 0.05) is 39.1 Å². The minimum absolute atomic E-state index is 0.0654. The zero-order valence-electron chi connectivity index (χ0n) is 14.9. The van der Waals surface area contributed by atoms with Crippen LogP contribution >= 0.6 is 0 Å². The van der Waals surface area contributed by atoms with Crippen LogP contribution < -0.4 is 0 Å². The van der Waals surface area contributed by atoms with Gasteiger partial charge in [0.2, 0.25) is 21.8 Å². The van der Waals surface area contributed by atoms with Crippen molar-refractivity contribution in [2.75, 3.05) is 39.8 Å². The van der Waals surface area contributed by atoms with E-state index in [0.717, 1.165) is 4.31 Å². The lowest BCUT2D eigenvalue weighted by atomic mass is 10.1. The van der Waals surface area contributed by atoms with E-state index in [1.165, 1.54) is 19.2 Å². The monoisotopic (exact) mass is 367 g/mol. The molecule has 0 radical (unpaired) electrons. The standard InChI is InChI=1S/C17H25N3O4S/c1-14(2)17(22)20-11-9-19(10-12-20)16(21)13-18(3)25(23,24)15-7-5-4-6-8-15/h4-8,14H,9-13H2,1-3H3. The molecule has 7 nitrogen and oxygen atoms in total. The minimum atomic E-state index is -3.69. The van der Waals surface area contributed by atoms with Crippen molar-refractivity contribution in [3.8, 4) is 0 Å². The van der Waals surface area contributed by atoms with Crippen LogP contribution in [0.25, 0.3) is 0 Å². The molecule has 0 atom stereocenters. The van der Waals surface area contributed by atoms with Crippen molar-refractivity contribution < 1.29 is 18.0 Å². The number of hydrogen-bond donors (Lipinski definition) is 0. The van der Waals surface area contributed by atoms with Crippen LogP contribution in [0.15, 0.2) is 35.2 Å². The Kier molecular flexibility index (Phi) is 6.18. The summed E-state index contributed by atoms with van der Waals surface area (Å²) >= 11 is 0. The second-order valence-electron chi connectivity index (χ2n) is 6.43. The number of rotatable bonds is 5. The van der Waals surface area contributed by atoms with Gasteiger partial charge in [0.15, 0.2) is 0 Å². The Morgan fingerprint density at radius 1 is 1.04 bits per heavy atom. The average Bonchev–Trinajstić information content (AvgIpc) is 2.61. The fraction of sp³-hybridized carbons (Fsp3) is 0.529. The number of carbonyl (C=O) groups is 2. The normalized spacial score (nSPS) is 15.7. The van der Waals surface area contributed by atoms with Gasteiger partial charge in [-0.2, -0.15) is 4.31 Å². The first-order valence-corrected chi connectivity index (χ1v) is 9.75. The Morgan fingerprint density at radius 2 is 1.56 bits per heavy atom. The number of hydrogen-bond acceptors (Lipinski definition) is 4. The molecule has 0 saturated carbocycles. The zero-order valence-corrected chi connectivity index (χ0v) is 15.7. The van der Waals surface area contributed by atoms with E-state index in [-0.39, 0.29) is 29.2 Å². The molecule has 0 aliphatic carbocycles. The highest BCUT2D eigenvalue weighted by atomic mass is 32.2. The maximum atomic E-state index is 12.5. The van der Waals surface area contributed by atoms with E-state index in [1.807, 2.05) is 13.8 Å². The van der Waals surface area contributed by atoms with Crippen molar-refractivity contribution >= 4 is 21.8 Å². The van der Waals surface area contributed by atoms with Gasteiger partial charge in [-0.3, -0.25) is 9.59 Å². The first kappa shape index (κ1) is 19.4. The Bertz CT molecular complexity index is 711. The SMILES string of the molecule is CC(C)C(=O)N1CCN(C(=O)CN(C)S(=O)(=O)c2ccccc2)CC1. The van der Waals surface area contributed by atoms with Gasteiger partial charge in [-0.1, -0.05) is 32.0 Å². The van der Waals surface area contributed by atoms with Crippen LogP contribution in [0.2, 0.25) is 0 Å². The second kappa shape index (κ2) is 7.97. The number of amides is 2. The largest absolute Gasteiger partial charge is 0.339 e. The lowest BCUT2D eigenvalue weighted by Gasteiger charge is -2.36. The number of nitrogens with zero attached hydrogens (tertiary/aromatic N) is 3. The molecule has 1 saturated heterocycles. The summed E-state index contributed by atoms with van der Waals surface area (Å²) in [4.78, 5) is 27.9. The summed E-state index contributed by atoms with van der Waals surface area (Å²) in [5.74, 6) is -0.237. The maximum absolute atomic E-state index is 12.5. The van der Waals surface area contributed by atoms with E-state index in [1.54, 1.807) is 28.0 Å². The molecule has 1 fully saturated rings. The van der Waals surface area contributed by atoms with E-state index >= 15 is 0 Å². The van der Waals surface area contributed by atoms with E-state index < -0.39 is 10.0 Å². The molecule has 2 rings (SSSR count). The molecule has 1 aromatic carbocycles. The number of carbonyl (C=O) groups excluding carboxylic acids is 2. The van der Waals surface area contributed by atoms with Crippen molar-refractivity contribution in [2.24, 2.45) is 5.92 Å². The third-order valence-corrected chi connectivity index (χ3v) is 6.06. The van der Waals surface area contributed by atoms with Gasteiger partial charge >= 0.3 is 0 Å². The highest BCUT2D eigenvalue weighted by Gasteiger charge is 2.28. The van der Waals surface area contributed by atoms with E-state index in [0.29, 0.717) is 26.2 Å². The molecule has 0 N–H and O–H groups in total. The highest BCUT2D eigenvalue weighted by Crippen LogP contribution is 2.14. The van der Waals surface area contributed by atoms with Crippen LogP contribution in [-0.2, 0) is 19.6 Å². The van der Waals surface area contributed by atoms with E-state index in [9.17, 15) is 18.0 Å². The summed E-state index contributed by atoms with van der Waals surface area (Å²) in [5.41, 5.74) is 0. The van der Waals surface area contributed by atoms with Gasteiger partial charge in [-0.25, -0.2) is 8.42 Å². The zero-order chi connectivity index (χ0) is 18.6. The quantitative estimate of drug-likeness (QED) is 0.765. The smallest absolute Gasteiger partial charge is 0.243 e. The number of benzene rings is 1. The Labute approximate surface area is 149 Å². The third-order valence-electron chi connectivity index (χ3n) is 4.25. The molecule has 1 aromatic rings. The first-order chi connectivity index (χ1) is 11.7. The molecule has 2 amide bonds. The molecular formula is C17H25N3O4S. The van der Waals surface area contributed by atoms with Crippen molar-refractivity contribution in [1.29, 1.82) is 0 Å². The number of piperazine rings is 1. The van der Waals surface area contributed by atoms with Gasteiger partial charge < -0.3 is 9.80 Å². The molecule has 25 heavy (non-hydrogen) atoms. The lowest BCUT2D eigenvalue weighted by Crippen LogP contribution is -2.53. The molecule has 0 aromatic heterocycles. The maximum Gasteiger partial charge on any atom is 0.243 e. The topological polar surface area (TPSA) is 78.0 Å². The molecule has 1 aliphatic rings. The van der Waals surface area contributed by atoms with Crippen LogP contribution in [-0.4, -0.2) is 74.1 Å². The van der Waals surface area contributed by atoms with E-state index in [4.69, 9.17) is 0 Å². The lowest BCUT2D eigenvalue weighted by molar-refractivity contribution is -0.141. The summed E-state index contributed by atoms with van der Waals surface area (Å²) in [5, 5.41) is 0. The first-order valence-electron chi connectivity index (χ1n) is 8.31. The molecule has 1 aliphatic heterocycles. The van der Waals surface area contributed by atoms with Crippen molar-refractivity contribution in [3.05, 3.63) is 30.3 Å². The molecule has 138 valence electrons. The Hall–Kier alpha value is -1.93. The van der Waals surface area contributed by atoms with Crippen LogP contribution in [0.3, 0.4) is 0 Å². The summed E-state index contributed by atoms with van der Waals surface area (Å²) in [6.07, 6.45) is 0. The minimum Gasteiger partial charge on any atom is -0.339 e. The number of sulfonamides is 1. The van der Waals surface area contributed by atoms with Crippen LogP contribution in [0.4, 0.5) is 0 Å². The van der Waals surface area contributed by atoms with Gasteiger partial charge in [-0.15, -0.1) is 0 Å². The van der Waals surface area contributed by atoms with Gasteiger partial charge in [0.05, 0.1) is 11.4 Å².